The molecule has 0 aromatic rings. The highest BCUT2D eigenvalue weighted by molar-refractivity contribution is 5.70. The topological polar surface area (TPSA) is 75.3 Å². The van der Waals surface area contributed by atoms with Crippen molar-refractivity contribution in [3.05, 3.63) is 0 Å². The third kappa shape index (κ3) is 11.3. The summed E-state index contributed by atoms with van der Waals surface area (Å²) in [5.41, 5.74) is 0. The summed E-state index contributed by atoms with van der Waals surface area (Å²) in [6, 6.07) is -0.211. The normalized spacial score (nSPS) is 25.7. The minimum absolute atomic E-state index is 0.211. The molecule has 2 fully saturated rings. The molecule has 5 atom stereocenters. The molecule has 2 unspecified atom stereocenters. The van der Waals surface area contributed by atoms with Crippen LogP contribution in [0.15, 0.2) is 0 Å². The Labute approximate surface area is 220 Å². The summed E-state index contributed by atoms with van der Waals surface area (Å²) in [5.74, 6) is -0.927. The SMILES string of the molecule is CCCCCCCCCCCCCCCCN[C@H](CC(=O)OCC)C1O[C@@H]2OC(C)(C)O[C@@H]2C1OC. The lowest BCUT2D eigenvalue weighted by molar-refractivity contribution is -0.220. The fourth-order valence-corrected chi connectivity index (χ4v) is 5.41. The first-order valence-corrected chi connectivity index (χ1v) is 14.8. The predicted molar refractivity (Wildman–Crippen MR) is 143 cm³/mol. The van der Waals surface area contributed by atoms with Gasteiger partial charge in [0.25, 0.3) is 0 Å². The first-order valence-electron chi connectivity index (χ1n) is 14.8. The van der Waals surface area contributed by atoms with Gasteiger partial charge in [0.1, 0.15) is 18.3 Å². The van der Waals surface area contributed by atoms with Gasteiger partial charge in [-0.15, -0.1) is 0 Å². The molecule has 0 spiro atoms. The van der Waals surface area contributed by atoms with E-state index >= 15 is 0 Å². The van der Waals surface area contributed by atoms with Gasteiger partial charge in [-0.1, -0.05) is 90.4 Å². The second kappa shape index (κ2) is 17.7. The molecule has 0 aromatic heterocycles. The van der Waals surface area contributed by atoms with Gasteiger partial charge in [0.15, 0.2) is 12.1 Å². The molecule has 7 nitrogen and oxygen atoms in total. The molecule has 0 bridgehead atoms. The minimum atomic E-state index is -0.699. The molecule has 0 radical (unpaired) electrons. The van der Waals surface area contributed by atoms with Crippen LogP contribution in [0.5, 0.6) is 0 Å². The van der Waals surface area contributed by atoms with E-state index in [1.54, 1.807) is 7.11 Å². The van der Waals surface area contributed by atoms with Gasteiger partial charge in [-0.25, -0.2) is 0 Å². The molecule has 2 heterocycles. The lowest BCUT2D eigenvalue weighted by Crippen LogP contribution is -2.49. The molecular formula is C29H55NO6. The maximum atomic E-state index is 12.3. The van der Waals surface area contributed by atoms with Crippen LogP contribution in [0.1, 0.15) is 124 Å². The molecule has 2 aliphatic rings. The highest BCUT2D eigenvalue weighted by atomic mass is 16.8. The zero-order chi connectivity index (χ0) is 26.2. The highest BCUT2D eigenvalue weighted by Gasteiger charge is 2.56. The van der Waals surface area contributed by atoms with E-state index in [0.29, 0.717) is 6.61 Å². The largest absolute Gasteiger partial charge is 0.466 e. The fourth-order valence-electron chi connectivity index (χ4n) is 5.41. The van der Waals surface area contributed by atoms with Crippen molar-refractivity contribution >= 4 is 5.97 Å². The van der Waals surface area contributed by atoms with E-state index in [0.717, 1.165) is 13.0 Å². The van der Waals surface area contributed by atoms with Crippen LogP contribution in [0, 0.1) is 0 Å². The number of hydrogen-bond donors (Lipinski definition) is 1. The number of fused-ring (bicyclic) bond motifs is 1. The van der Waals surface area contributed by atoms with E-state index in [4.69, 9.17) is 23.7 Å². The molecule has 36 heavy (non-hydrogen) atoms. The van der Waals surface area contributed by atoms with Crippen molar-refractivity contribution in [1.82, 2.24) is 5.32 Å². The third-order valence-electron chi connectivity index (χ3n) is 7.32. The molecular weight excluding hydrogens is 458 g/mol. The summed E-state index contributed by atoms with van der Waals surface area (Å²) < 4.78 is 29.1. The second-order valence-corrected chi connectivity index (χ2v) is 10.9. The number of esters is 1. The molecule has 2 saturated heterocycles. The molecule has 2 rings (SSSR count). The maximum Gasteiger partial charge on any atom is 0.307 e. The van der Waals surface area contributed by atoms with E-state index in [-0.39, 0.29) is 36.7 Å². The van der Waals surface area contributed by atoms with Gasteiger partial charge in [0.05, 0.1) is 13.0 Å². The molecule has 0 saturated carbocycles. The van der Waals surface area contributed by atoms with E-state index in [9.17, 15) is 4.79 Å². The number of ether oxygens (including phenoxy) is 5. The van der Waals surface area contributed by atoms with Gasteiger partial charge >= 0.3 is 5.97 Å². The smallest absolute Gasteiger partial charge is 0.307 e. The van der Waals surface area contributed by atoms with Crippen LogP contribution < -0.4 is 5.32 Å². The number of methoxy groups -OCH3 is 1. The molecule has 0 aromatic carbocycles. The standard InChI is InChI=1S/C29H55NO6/c1-6-8-9-10-11-12-13-14-15-16-17-18-19-20-21-30-23(22-24(31)33-7-2)25-26(32-5)27-28(34-25)36-29(3,4)35-27/h23,25-28,30H,6-22H2,1-5H3/t23-,25?,26?,27-,28-/m1/s1. The highest BCUT2D eigenvalue weighted by Crippen LogP contribution is 2.39. The predicted octanol–water partition coefficient (Wildman–Crippen LogP) is 6.27. The maximum absolute atomic E-state index is 12.3. The zero-order valence-corrected chi connectivity index (χ0v) is 23.9. The van der Waals surface area contributed by atoms with Crippen molar-refractivity contribution in [3.8, 4) is 0 Å². The van der Waals surface area contributed by atoms with Crippen molar-refractivity contribution in [3.63, 3.8) is 0 Å². The number of hydrogen-bond acceptors (Lipinski definition) is 7. The second-order valence-electron chi connectivity index (χ2n) is 10.9. The van der Waals surface area contributed by atoms with Crippen molar-refractivity contribution in [2.24, 2.45) is 0 Å². The lowest BCUT2D eigenvalue weighted by atomic mass is 10.00. The molecule has 0 amide bonds. The summed E-state index contributed by atoms with van der Waals surface area (Å²) in [7, 11) is 1.66. The van der Waals surface area contributed by atoms with Crippen molar-refractivity contribution < 1.29 is 28.5 Å². The number of carbonyl (C=O) groups excluding carboxylic acids is 1. The van der Waals surface area contributed by atoms with Crippen molar-refractivity contribution in [1.29, 1.82) is 0 Å². The number of unbranched alkanes of at least 4 members (excludes halogenated alkanes) is 13. The van der Waals surface area contributed by atoms with Gasteiger partial charge in [0.2, 0.25) is 0 Å². The first kappa shape index (κ1) is 31.5. The van der Waals surface area contributed by atoms with E-state index in [1.807, 2.05) is 20.8 Å². The Morgan fingerprint density at radius 1 is 0.861 bits per heavy atom. The average molecular weight is 514 g/mol. The van der Waals surface area contributed by atoms with Crippen LogP contribution in [0.2, 0.25) is 0 Å². The van der Waals surface area contributed by atoms with E-state index in [2.05, 4.69) is 12.2 Å². The van der Waals surface area contributed by atoms with Crippen LogP contribution in [-0.2, 0) is 28.5 Å². The summed E-state index contributed by atoms with van der Waals surface area (Å²) in [5, 5.41) is 3.55. The summed E-state index contributed by atoms with van der Waals surface area (Å²) in [4.78, 5) is 12.3. The molecule has 0 aliphatic carbocycles. The van der Waals surface area contributed by atoms with Gasteiger partial charge in [-0.2, -0.15) is 0 Å². The van der Waals surface area contributed by atoms with E-state index < -0.39 is 12.1 Å². The van der Waals surface area contributed by atoms with Crippen LogP contribution in [0.25, 0.3) is 0 Å². The van der Waals surface area contributed by atoms with Gasteiger partial charge in [0, 0.05) is 13.2 Å². The number of rotatable bonds is 21. The summed E-state index contributed by atoms with van der Waals surface area (Å²) >= 11 is 0. The Morgan fingerprint density at radius 2 is 1.42 bits per heavy atom. The van der Waals surface area contributed by atoms with Crippen LogP contribution in [0.3, 0.4) is 0 Å². The number of nitrogens with one attached hydrogen (secondary N) is 1. The van der Waals surface area contributed by atoms with Gasteiger partial charge in [-0.3, -0.25) is 4.79 Å². The van der Waals surface area contributed by atoms with Gasteiger partial charge < -0.3 is 29.0 Å². The van der Waals surface area contributed by atoms with Crippen LogP contribution in [-0.4, -0.2) is 62.7 Å². The number of carbonyl (C=O) groups is 1. The van der Waals surface area contributed by atoms with Crippen LogP contribution >= 0.6 is 0 Å². The Hall–Kier alpha value is -0.730. The first-order chi connectivity index (χ1) is 17.4. The van der Waals surface area contributed by atoms with Gasteiger partial charge in [-0.05, 0) is 33.7 Å². The van der Waals surface area contributed by atoms with E-state index in [1.165, 1.54) is 83.5 Å². The molecule has 212 valence electrons. The van der Waals surface area contributed by atoms with Crippen molar-refractivity contribution in [2.45, 2.75) is 160 Å². The Balaban J connectivity index is 1.62. The Kier molecular flexibility index (Phi) is 15.5. The minimum Gasteiger partial charge on any atom is -0.466 e. The fraction of sp³-hybridized carbons (Fsp3) is 0.966. The van der Waals surface area contributed by atoms with Crippen molar-refractivity contribution in [2.75, 3.05) is 20.3 Å². The zero-order valence-electron chi connectivity index (χ0n) is 23.9. The Bertz CT molecular complexity index is 586. The lowest BCUT2D eigenvalue weighted by Gasteiger charge is -2.30. The molecule has 1 N–H and O–H groups in total. The van der Waals surface area contributed by atoms with Crippen LogP contribution in [0.4, 0.5) is 0 Å². The molecule has 2 aliphatic heterocycles. The third-order valence-corrected chi connectivity index (χ3v) is 7.32. The summed E-state index contributed by atoms with van der Waals surface area (Å²) in [6.07, 6.45) is 17.6. The summed E-state index contributed by atoms with van der Waals surface area (Å²) in [6.45, 7) is 9.06. The average Bonchev–Trinajstić information content (AvgIpc) is 3.32. The quantitative estimate of drug-likeness (QED) is 0.143. The molecule has 7 heteroatoms. The Morgan fingerprint density at radius 3 is 1.94 bits per heavy atom. The monoisotopic (exact) mass is 513 g/mol.